The van der Waals surface area contributed by atoms with Gasteiger partial charge in [0.25, 0.3) is 0 Å². The molecule has 1 rings (SSSR count). The van der Waals surface area contributed by atoms with Gasteiger partial charge in [0, 0.05) is 0 Å². The molecule has 0 bridgehead atoms. The molecular weight excluding hydrogens is 244 g/mol. The van der Waals surface area contributed by atoms with Crippen molar-refractivity contribution in [3.05, 3.63) is 0 Å². The van der Waals surface area contributed by atoms with Crippen molar-refractivity contribution in [3.8, 4) is 6.07 Å². The number of nitrogens with one attached hydrogen (secondary N) is 1. The van der Waals surface area contributed by atoms with Gasteiger partial charge >= 0.3 is 5.97 Å². The van der Waals surface area contributed by atoms with Crippen LogP contribution in [0.2, 0.25) is 0 Å². The molecule has 0 radical (unpaired) electrons. The maximum Gasteiger partial charge on any atom is 0.320 e. The predicted octanol–water partition coefficient (Wildman–Crippen LogP) is 2.65. The predicted molar refractivity (Wildman–Crippen MR) is 70.6 cm³/mol. The third kappa shape index (κ3) is 3.46. The van der Waals surface area contributed by atoms with Crippen molar-refractivity contribution in [2.24, 2.45) is 11.3 Å². The van der Waals surface area contributed by atoms with Crippen LogP contribution in [0.15, 0.2) is 0 Å². The number of carbonyl (C=O) groups excluding carboxylic acids is 1. The fraction of sp³-hybridized carbons (Fsp3) is 0.786. The normalized spacial score (nSPS) is 19.0. The van der Waals surface area contributed by atoms with Gasteiger partial charge in [-0.1, -0.05) is 19.3 Å². The summed E-state index contributed by atoms with van der Waals surface area (Å²) in [4.78, 5) is 12.1. The van der Waals surface area contributed by atoms with Crippen molar-refractivity contribution in [2.45, 2.75) is 46.0 Å². The van der Waals surface area contributed by atoms with Crippen molar-refractivity contribution in [1.82, 2.24) is 0 Å². The van der Waals surface area contributed by atoms with Crippen LogP contribution >= 0.6 is 0 Å². The lowest BCUT2D eigenvalue weighted by Gasteiger charge is -2.36. The van der Waals surface area contributed by atoms with Gasteiger partial charge in [0.1, 0.15) is 0 Å². The second kappa shape index (κ2) is 7.13. The second-order valence-electron chi connectivity index (χ2n) is 4.81. The van der Waals surface area contributed by atoms with Crippen LogP contribution in [0.1, 0.15) is 46.0 Å². The number of nitrogens with zero attached hydrogens (tertiary/aromatic N) is 1. The lowest BCUT2D eigenvalue weighted by Crippen LogP contribution is -2.43. The summed E-state index contributed by atoms with van der Waals surface area (Å²) in [5.74, 6) is -1.54. The smallest absolute Gasteiger partial charge is 0.320 e. The van der Waals surface area contributed by atoms with E-state index in [-0.39, 0.29) is 12.5 Å². The Kier molecular flexibility index (Phi) is 5.81. The Morgan fingerprint density at radius 2 is 1.84 bits per heavy atom. The zero-order chi connectivity index (χ0) is 14.3. The lowest BCUT2D eigenvalue weighted by molar-refractivity contribution is -0.149. The number of esters is 1. The van der Waals surface area contributed by atoms with E-state index >= 15 is 0 Å². The molecule has 1 N–H and O–H groups in total. The highest BCUT2D eigenvalue weighted by molar-refractivity contribution is 5.97. The van der Waals surface area contributed by atoms with Crippen molar-refractivity contribution in [3.63, 3.8) is 0 Å². The lowest BCUT2D eigenvalue weighted by atomic mass is 9.66. The van der Waals surface area contributed by atoms with Crippen LogP contribution in [-0.2, 0) is 14.3 Å². The van der Waals surface area contributed by atoms with Gasteiger partial charge in [-0.15, -0.1) is 0 Å². The zero-order valence-corrected chi connectivity index (χ0v) is 11.7. The summed E-state index contributed by atoms with van der Waals surface area (Å²) in [5, 5.41) is 17.5. The highest BCUT2D eigenvalue weighted by atomic mass is 16.5. The largest absolute Gasteiger partial charge is 0.481 e. The van der Waals surface area contributed by atoms with Crippen LogP contribution < -0.4 is 0 Å². The molecule has 1 fully saturated rings. The Labute approximate surface area is 114 Å². The highest BCUT2D eigenvalue weighted by Crippen LogP contribution is 2.43. The SMILES string of the molecule is CCOC(=N)C(C(=O)OCC)C1(C#N)CCCCC1. The maximum atomic E-state index is 12.1. The average molecular weight is 266 g/mol. The first-order chi connectivity index (χ1) is 9.11. The fourth-order valence-electron chi connectivity index (χ4n) is 2.70. The molecule has 0 heterocycles. The van der Waals surface area contributed by atoms with Crippen molar-refractivity contribution >= 4 is 11.9 Å². The molecule has 19 heavy (non-hydrogen) atoms. The summed E-state index contributed by atoms with van der Waals surface area (Å²) in [6.45, 7) is 4.04. The van der Waals surface area contributed by atoms with Gasteiger partial charge in [-0.25, -0.2) is 0 Å². The molecule has 1 aliphatic carbocycles. The Morgan fingerprint density at radius 1 is 1.26 bits per heavy atom. The Bertz CT molecular complexity index is 349. The monoisotopic (exact) mass is 266 g/mol. The molecule has 0 aromatic carbocycles. The summed E-state index contributed by atoms with van der Waals surface area (Å²) in [5.41, 5.74) is -0.837. The van der Waals surface area contributed by atoms with Gasteiger partial charge in [-0.2, -0.15) is 5.26 Å². The number of hydrogen-bond acceptors (Lipinski definition) is 5. The second-order valence-corrected chi connectivity index (χ2v) is 4.81. The van der Waals surface area contributed by atoms with Gasteiger partial charge in [-0.3, -0.25) is 10.2 Å². The number of ether oxygens (including phenoxy) is 2. The van der Waals surface area contributed by atoms with Gasteiger partial charge < -0.3 is 9.47 Å². The Hall–Kier alpha value is -1.57. The Balaban J connectivity index is 3.02. The summed E-state index contributed by atoms with van der Waals surface area (Å²) in [7, 11) is 0. The van der Waals surface area contributed by atoms with Crippen LogP contribution in [0.5, 0.6) is 0 Å². The van der Waals surface area contributed by atoms with E-state index in [4.69, 9.17) is 14.9 Å². The standard InChI is InChI=1S/C14H22N2O3/c1-3-18-12(16)11(13(17)19-4-2)14(10-15)8-6-5-7-9-14/h11,16H,3-9H2,1-2H3. The first-order valence-corrected chi connectivity index (χ1v) is 6.90. The van der Waals surface area contributed by atoms with Crippen LogP contribution in [0, 0.1) is 28.1 Å². The molecule has 0 aromatic rings. The van der Waals surface area contributed by atoms with E-state index in [1.54, 1.807) is 13.8 Å². The van der Waals surface area contributed by atoms with E-state index < -0.39 is 17.3 Å². The van der Waals surface area contributed by atoms with E-state index in [0.29, 0.717) is 19.4 Å². The highest BCUT2D eigenvalue weighted by Gasteiger charge is 2.48. The zero-order valence-electron chi connectivity index (χ0n) is 11.7. The summed E-state index contributed by atoms with van der Waals surface area (Å²) < 4.78 is 10.2. The fourth-order valence-corrected chi connectivity index (χ4v) is 2.70. The molecule has 5 heteroatoms. The first-order valence-electron chi connectivity index (χ1n) is 6.90. The minimum atomic E-state index is -0.891. The van der Waals surface area contributed by atoms with Crippen LogP contribution in [0.25, 0.3) is 0 Å². The third-order valence-corrected chi connectivity index (χ3v) is 3.61. The van der Waals surface area contributed by atoms with E-state index in [9.17, 15) is 10.1 Å². The molecule has 0 aromatic heterocycles. The average Bonchev–Trinajstić information content (AvgIpc) is 2.40. The molecule has 0 spiro atoms. The Morgan fingerprint density at radius 3 is 2.32 bits per heavy atom. The van der Waals surface area contributed by atoms with E-state index in [1.165, 1.54) is 0 Å². The topological polar surface area (TPSA) is 83.2 Å². The molecule has 5 nitrogen and oxygen atoms in total. The molecule has 0 amide bonds. The van der Waals surface area contributed by atoms with E-state index in [1.807, 2.05) is 0 Å². The van der Waals surface area contributed by atoms with Crippen LogP contribution in [-0.4, -0.2) is 25.1 Å². The molecule has 106 valence electrons. The molecule has 1 atom stereocenters. The number of nitriles is 1. The van der Waals surface area contributed by atoms with Crippen molar-refractivity contribution in [2.75, 3.05) is 13.2 Å². The van der Waals surface area contributed by atoms with E-state index in [0.717, 1.165) is 19.3 Å². The van der Waals surface area contributed by atoms with Gasteiger partial charge in [0.05, 0.1) is 24.7 Å². The van der Waals surface area contributed by atoms with Crippen LogP contribution in [0.4, 0.5) is 0 Å². The molecular formula is C14H22N2O3. The molecule has 1 aliphatic rings. The molecule has 1 unspecified atom stereocenters. The number of carbonyl (C=O) groups is 1. The number of hydrogen-bond donors (Lipinski definition) is 1. The van der Waals surface area contributed by atoms with Crippen molar-refractivity contribution in [1.29, 1.82) is 10.7 Å². The van der Waals surface area contributed by atoms with Gasteiger partial charge in [0.15, 0.2) is 11.8 Å². The quantitative estimate of drug-likeness (QED) is 0.471. The molecule has 1 saturated carbocycles. The number of rotatable bonds is 5. The third-order valence-electron chi connectivity index (χ3n) is 3.61. The summed E-state index contributed by atoms with van der Waals surface area (Å²) in [6, 6.07) is 2.27. The van der Waals surface area contributed by atoms with Gasteiger partial charge in [-0.05, 0) is 26.7 Å². The first kappa shape index (κ1) is 15.5. The maximum absolute atomic E-state index is 12.1. The van der Waals surface area contributed by atoms with Crippen LogP contribution in [0.3, 0.4) is 0 Å². The minimum Gasteiger partial charge on any atom is -0.481 e. The van der Waals surface area contributed by atoms with E-state index in [2.05, 4.69) is 6.07 Å². The molecule has 0 aliphatic heterocycles. The van der Waals surface area contributed by atoms with Crippen molar-refractivity contribution < 1.29 is 14.3 Å². The molecule has 0 saturated heterocycles. The minimum absolute atomic E-state index is 0.135. The summed E-state index contributed by atoms with van der Waals surface area (Å²) >= 11 is 0. The summed E-state index contributed by atoms with van der Waals surface area (Å²) in [6.07, 6.45) is 4.14. The van der Waals surface area contributed by atoms with Gasteiger partial charge in [0.2, 0.25) is 0 Å².